The summed E-state index contributed by atoms with van der Waals surface area (Å²) in [6, 6.07) is 12.7. The number of carbonyl (C=O) groups is 1. The van der Waals surface area contributed by atoms with Crippen LogP contribution in [-0.4, -0.2) is 54.4 Å². The summed E-state index contributed by atoms with van der Waals surface area (Å²) in [5, 5.41) is 12.8. The number of rotatable bonds is 4. The van der Waals surface area contributed by atoms with Crippen LogP contribution in [0.15, 0.2) is 52.4 Å². The topological polar surface area (TPSA) is 85.9 Å². The van der Waals surface area contributed by atoms with Gasteiger partial charge in [0.05, 0.1) is 16.5 Å². The Morgan fingerprint density at radius 2 is 2.00 bits per heavy atom. The van der Waals surface area contributed by atoms with Gasteiger partial charge in [0, 0.05) is 37.3 Å². The normalized spacial score (nSPS) is 20.1. The molecule has 10 heteroatoms. The third-order valence-electron chi connectivity index (χ3n) is 5.68. The molecule has 30 heavy (non-hydrogen) atoms. The molecule has 154 valence electrons. The third-order valence-corrected chi connectivity index (χ3v) is 6.90. The Labute approximate surface area is 181 Å². The van der Waals surface area contributed by atoms with E-state index in [1.807, 2.05) is 33.7 Å². The molecule has 1 aromatic carbocycles. The van der Waals surface area contributed by atoms with E-state index in [0.717, 1.165) is 12.1 Å². The number of thioether (sulfide) groups is 1. The molecule has 0 spiro atoms. The second-order valence-electron chi connectivity index (χ2n) is 7.61. The smallest absolute Gasteiger partial charge is 0.250 e. The van der Waals surface area contributed by atoms with Gasteiger partial charge in [-0.3, -0.25) is 9.59 Å². The highest BCUT2D eigenvalue weighted by Crippen LogP contribution is 2.35. The summed E-state index contributed by atoms with van der Waals surface area (Å²) in [6.07, 6.45) is 1.02. The lowest BCUT2D eigenvalue weighted by Crippen LogP contribution is -2.49. The first-order valence-corrected chi connectivity index (χ1v) is 11.1. The molecule has 0 saturated carbocycles. The van der Waals surface area contributed by atoms with Gasteiger partial charge in [-0.1, -0.05) is 41.6 Å². The van der Waals surface area contributed by atoms with Gasteiger partial charge in [0.1, 0.15) is 0 Å². The molecule has 0 aliphatic carbocycles. The fraction of sp³-hybridized carbons (Fsp3) is 0.350. The van der Waals surface area contributed by atoms with E-state index in [4.69, 9.17) is 11.6 Å². The lowest BCUT2D eigenvalue weighted by molar-refractivity contribution is -0.131. The number of amides is 1. The van der Waals surface area contributed by atoms with Gasteiger partial charge in [0.2, 0.25) is 11.1 Å². The third kappa shape index (κ3) is 3.52. The van der Waals surface area contributed by atoms with Gasteiger partial charge in [-0.25, -0.2) is 0 Å². The zero-order chi connectivity index (χ0) is 20.7. The highest BCUT2D eigenvalue weighted by Gasteiger charge is 2.36. The molecule has 0 N–H and O–H groups in total. The van der Waals surface area contributed by atoms with Gasteiger partial charge in [-0.05, 0) is 41.0 Å². The number of hydrogen-bond donors (Lipinski definition) is 0. The maximum atomic E-state index is 13.0. The van der Waals surface area contributed by atoms with Crippen molar-refractivity contribution in [3.8, 4) is 5.69 Å². The Hall–Kier alpha value is -2.65. The Balaban J connectivity index is 1.29. The number of likely N-dealkylation sites (tertiary alicyclic amines) is 1. The number of fused-ring (bicyclic) bond motifs is 4. The molecule has 2 bridgehead atoms. The summed E-state index contributed by atoms with van der Waals surface area (Å²) in [5.41, 5.74) is 1.75. The van der Waals surface area contributed by atoms with Gasteiger partial charge in [0.25, 0.3) is 5.56 Å². The fourth-order valence-electron chi connectivity index (χ4n) is 4.36. The van der Waals surface area contributed by atoms with Gasteiger partial charge < -0.3 is 9.47 Å². The van der Waals surface area contributed by atoms with Crippen molar-refractivity contribution in [2.45, 2.75) is 24.0 Å². The first-order chi connectivity index (χ1) is 14.6. The molecule has 1 amide bonds. The molecule has 2 unspecified atom stereocenters. The molecular formula is C20H19ClN6O2S. The number of aromatic nitrogens is 5. The first kappa shape index (κ1) is 19.3. The summed E-state index contributed by atoms with van der Waals surface area (Å²) in [4.78, 5) is 27.0. The SMILES string of the molecule is O=C(CSc1nnnn1-c1ccccc1Cl)N1CC2CC(C1)c1cccc(=O)n1C2. The maximum Gasteiger partial charge on any atom is 0.250 e. The Bertz CT molecular complexity index is 1160. The summed E-state index contributed by atoms with van der Waals surface area (Å²) >= 11 is 7.55. The number of nitrogens with zero attached hydrogens (tertiary/aromatic N) is 6. The van der Waals surface area contributed by atoms with Crippen LogP contribution in [0.2, 0.25) is 5.02 Å². The van der Waals surface area contributed by atoms with Crippen LogP contribution in [0.4, 0.5) is 0 Å². The van der Waals surface area contributed by atoms with Crippen LogP contribution in [0.5, 0.6) is 0 Å². The molecule has 1 saturated heterocycles. The molecule has 2 aromatic heterocycles. The minimum Gasteiger partial charge on any atom is -0.341 e. The Morgan fingerprint density at radius 1 is 1.13 bits per heavy atom. The fourth-order valence-corrected chi connectivity index (χ4v) is 5.36. The molecule has 0 radical (unpaired) electrons. The van der Waals surface area contributed by atoms with Crippen LogP contribution in [0.25, 0.3) is 5.69 Å². The zero-order valence-electron chi connectivity index (χ0n) is 16.0. The molecule has 4 heterocycles. The van der Waals surface area contributed by atoms with Crippen LogP contribution in [0, 0.1) is 5.92 Å². The monoisotopic (exact) mass is 442 g/mol. The van der Waals surface area contributed by atoms with E-state index in [2.05, 4.69) is 15.5 Å². The summed E-state index contributed by atoms with van der Waals surface area (Å²) in [7, 11) is 0. The van der Waals surface area contributed by atoms with Crippen molar-refractivity contribution in [3.63, 3.8) is 0 Å². The lowest BCUT2D eigenvalue weighted by Gasteiger charge is -2.42. The number of hydrogen-bond acceptors (Lipinski definition) is 6. The van der Waals surface area contributed by atoms with Crippen molar-refractivity contribution in [2.75, 3.05) is 18.8 Å². The molecule has 5 rings (SSSR count). The summed E-state index contributed by atoms with van der Waals surface area (Å²) in [5.74, 6) is 0.800. The highest BCUT2D eigenvalue weighted by atomic mass is 35.5. The summed E-state index contributed by atoms with van der Waals surface area (Å²) < 4.78 is 3.42. The molecule has 1 fully saturated rings. The number of para-hydroxylation sites is 1. The van der Waals surface area contributed by atoms with E-state index in [-0.39, 0.29) is 23.1 Å². The van der Waals surface area contributed by atoms with Crippen molar-refractivity contribution < 1.29 is 4.79 Å². The molecule has 8 nitrogen and oxygen atoms in total. The van der Waals surface area contributed by atoms with Crippen LogP contribution < -0.4 is 5.56 Å². The maximum absolute atomic E-state index is 13.0. The lowest BCUT2D eigenvalue weighted by atomic mass is 9.83. The molecule has 2 atom stereocenters. The van der Waals surface area contributed by atoms with E-state index in [1.165, 1.54) is 11.8 Å². The quantitative estimate of drug-likeness (QED) is 0.576. The van der Waals surface area contributed by atoms with Gasteiger partial charge in [-0.15, -0.1) is 5.10 Å². The van der Waals surface area contributed by atoms with Gasteiger partial charge in [-0.2, -0.15) is 4.68 Å². The van der Waals surface area contributed by atoms with Gasteiger partial charge in [0.15, 0.2) is 0 Å². The first-order valence-electron chi connectivity index (χ1n) is 9.74. The zero-order valence-corrected chi connectivity index (χ0v) is 17.6. The molecular weight excluding hydrogens is 424 g/mol. The minimum atomic E-state index is 0.0453. The van der Waals surface area contributed by atoms with Crippen molar-refractivity contribution in [1.82, 2.24) is 29.7 Å². The number of benzene rings is 1. The minimum absolute atomic E-state index is 0.0453. The number of pyridine rings is 1. The Morgan fingerprint density at radius 3 is 2.87 bits per heavy atom. The van der Waals surface area contributed by atoms with Crippen LogP contribution in [-0.2, 0) is 11.3 Å². The van der Waals surface area contributed by atoms with Gasteiger partial charge >= 0.3 is 0 Å². The largest absolute Gasteiger partial charge is 0.341 e. The number of tetrazole rings is 1. The number of halogens is 1. The molecule has 3 aromatic rings. The van der Waals surface area contributed by atoms with Crippen molar-refractivity contribution in [3.05, 3.63) is 63.5 Å². The van der Waals surface area contributed by atoms with E-state index in [0.29, 0.717) is 41.4 Å². The van der Waals surface area contributed by atoms with E-state index < -0.39 is 0 Å². The second kappa shape index (κ2) is 7.88. The number of carbonyl (C=O) groups excluding carboxylic acids is 1. The van der Waals surface area contributed by atoms with Crippen molar-refractivity contribution in [1.29, 1.82) is 0 Å². The number of piperidine rings is 1. The summed E-state index contributed by atoms with van der Waals surface area (Å²) in [6.45, 7) is 1.98. The predicted molar refractivity (Wildman–Crippen MR) is 113 cm³/mol. The standard InChI is InChI=1S/C20H19ClN6O2S/c21-15-4-1-2-5-17(15)27-20(22-23-24-27)30-12-19(29)25-9-13-8-14(11-25)16-6-3-7-18(28)26(16)10-13/h1-7,13-14H,8-12H2. The van der Waals surface area contributed by atoms with Crippen molar-refractivity contribution >= 4 is 29.3 Å². The molecule has 2 aliphatic heterocycles. The van der Waals surface area contributed by atoms with Crippen LogP contribution >= 0.6 is 23.4 Å². The van der Waals surface area contributed by atoms with E-state index >= 15 is 0 Å². The van der Waals surface area contributed by atoms with Crippen molar-refractivity contribution in [2.24, 2.45) is 5.92 Å². The second-order valence-corrected chi connectivity index (χ2v) is 8.96. The Kier molecular flexibility index (Phi) is 5.08. The van der Waals surface area contributed by atoms with E-state index in [1.54, 1.807) is 22.9 Å². The predicted octanol–water partition coefficient (Wildman–Crippen LogP) is 2.22. The molecule has 2 aliphatic rings. The van der Waals surface area contributed by atoms with E-state index in [9.17, 15) is 9.59 Å². The highest BCUT2D eigenvalue weighted by molar-refractivity contribution is 7.99. The average molecular weight is 443 g/mol. The van der Waals surface area contributed by atoms with Crippen LogP contribution in [0.3, 0.4) is 0 Å². The van der Waals surface area contributed by atoms with Crippen LogP contribution in [0.1, 0.15) is 18.0 Å². The average Bonchev–Trinajstić information content (AvgIpc) is 3.21.